The van der Waals surface area contributed by atoms with Gasteiger partial charge in [-0.05, 0) is 43.0 Å². The van der Waals surface area contributed by atoms with E-state index in [0.29, 0.717) is 78.5 Å². The molecule has 0 aliphatic carbocycles. The molecule has 0 atom stereocenters. The lowest BCUT2D eigenvalue weighted by atomic mass is 10.2. The molecule has 35 heavy (non-hydrogen) atoms. The highest BCUT2D eigenvalue weighted by Gasteiger charge is 2.04. The van der Waals surface area contributed by atoms with Crippen LogP contribution >= 0.6 is 21.6 Å². The first-order valence-electron chi connectivity index (χ1n) is 12.1. The molecule has 7 nitrogen and oxygen atoms in total. The predicted molar refractivity (Wildman–Crippen MR) is 144 cm³/mol. The highest BCUT2D eigenvalue weighted by Crippen LogP contribution is 2.32. The van der Waals surface area contributed by atoms with Gasteiger partial charge >= 0.3 is 0 Å². The number of rotatable bonds is 24. The first-order valence-corrected chi connectivity index (χ1v) is 14.4. The van der Waals surface area contributed by atoms with Crippen LogP contribution in [-0.4, -0.2) is 77.3 Å². The molecule has 0 radical (unpaired) electrons. The number of hydrogen-bond acceptors (Lipinski definition) is 8. The number of Topliss-reactive ketones (excluding diaryl/α,β-unsaturated/α-hetero) is 1. The van der Waals surface area contributed by atoms with Crippen molar-refractivity contribution in [3.8, 4) is 0 Å². The summed E-state index contributed by atoms with van der Waals surface area (Å²) in [6, 6.07) is 0. The summed E-state index contributed by atoms with van der Waals surface area (Å²) < 4.78 is 21.8. The Kier molecular flexibility index (Phi) is 26.0. The third-order valence-electron chi connectivity index (χ3n) is 4.29. The van der Waals surface area contributed by atoms with Crippen LogP contribution in [0.25, 0.3) is 0 Å². The molecule has 1 N–H and O–H groups in total. The van der Waals surface area contributed by atoms with Gasteiger partial charge in [0, 0.05) is 50.2 Å². The van der Waals surface area contributed by atoms with E-state index in [0.717, 1.165) is 29.9 Å². The van der Waals surface area contributed by atoms with E-state index in [-0.39, 0.29) is 11.7 Å². The molecule has 0 saturated heterocycles. The third-order valence-corrected chi connectivity index (χ3v) is 6.74. The first-order chi connectivity index (χ1) is 17.1. The minimum absolute atomic E-state index is 0.0265. The van der Waals surface area contributed by atoms with Gasteiger partial charge in [0.2, 0.25) is 5.91 Å². The van der Waals surface area contributed by atoms with Gasteiger partial charge in [0.05, 0.1) is 39.6 Å². The smallest absolute Gasteiger partial charge is 0.219 e. The Hall–Kier alpha value is -1.46. The summed E-state index contributed by atoms with van der Waals surface area (Å²) >= 11 is 0. The maximum absolute atomic E-state index is 12.0. The molecule has 0 bridgehead atoms. The van der Waals surface area contributed by atoms with E-state index < -0.39 is 0 Å². The molecule has 0 aromatic rings. The number of carbonyl (C=O) groups is 2. The van der Waals surface area contributed by atoms with Gasteiger partial charge in [-0.1, -0.05) is 40.7 Å². The topological polar surface area (TPSA) is 83.1 Å². The zero-order chi connectivity index (χ0) is 25.8. The number of amides is 1. The van der Waals surface area contributed by atoms with Crippen molar-refractivity contribution in [2.45, 2.75) is 51.9 Å². The summed E-state index contributed by atoms with van der Waals surface area (Å²) in [5.74, 6) is 1.07. The van der Waals surface area contributed by atoms with E-state index in [9.17, 15) is 9.59 Å². The quantitative estimate of drug-likeness (QED) is 0.110. The number of hydrogen-bond donors (Lipinski definition) is 1. The van der Waals surface area contributed by atoms with E-state index in [1.807, 2.05) is 0 Å². The Bertz CT molecular complexity index is 719. The second kappa shape index (κ2) is 27.1. The lowest BCUT2D eigenvalue weighted by Crippen LogP contribution is -2.18. The van der Waals surface area contributed by atoms with Crippen molar-refractivity contribution in [1.29, 1.82) is 0 Å². The minimum atomic E-state index is 0.0265. The normalized spacial score (nSPS) is 10.1. The standard InChI is InChI=1S/C26H41NO6S2/c1-4-6-7-12-25(10-5-2)35-34-23-14-24(28)11-8-15-30-17-19-32-21-22-33-20-18-31-16-9-13-26(29)27-3/h1,5,8-11,13-23H2,2-3H3,(H,27,29). The summed E-state index contributed by atoms with van der Waals surface area (Å²) in [6.45, 7) is 9.69. The summed E-state index contributed by atoms with van der Waals surface area (Å²) in [6.07, 6.45) is 4.98. The maximum atomic E-state index is 12.0. The fourth-order valence-electron chi connectivity index (χ4n) is 2.48. The zero-order valence-corrected chi connectivity index (χ0v) is 22.9. The highest BCUT2D eigenvalue weighted by molar-refractivity contribution is 8.78. The number of allylic oxidation sites excluding steroid dienone is 1. The molecular weight excluding hydrogens is 486 g/mol. The van der Waals surface area contributed by atoms with Gasteiger partial charge < -0.3 is 24.3 Å². The van der Waals surface area contributed by atoms with Crippen molar-refractivity contribution in [3.63, 3.8) is 0 Å². The lowest BCUT2D eigenvalue weighted by Gasteiger charge is -2.07. The summed E-state index contributed by atoms with van der Waals surface area (Å²) in [5, 5.41) is 2.57. The molecule has 0 spiro atoms. The van der Waals surface area contributed by atoms with E-state index in [1.165, 1.54) is 0 Å². The van der Waals surface area contributed by atoms with Crippen molar-refractivity contribution < 1.29 is 28.5 Å². The van der Waals surface area contributed by atoms with Crippen LogP contribution in [0.4, 0.5) is 0 Å². The van der Waals surface area contributed by atoms with Crippen LogP contribution in [-0.2, 0) is 28.5 Å². The molecular formula is C26H41NO6S2. The molecule has 0 saturated carbocycles. The molecule has 0 aromatic carbocycles. The fourth-order valence-corrected chi connectivity index (χ4v) is 4.70. The number of carbonyl (C=O) groups excluding carboxylic acids is 2. The Morgan fingerprint density at radius 3 is 1.91 bits per heavy atom. The summed E-state index contributed by atoms with van der Waals surface area (Å²) in [4.78, 5) is 24.1. The van der Waals surface area contributed by atoms with Crippen LogP contribution in [0.1, 0.15) is 51.9 Å². The Balaban J connectivity index is 3.46. The van der Waals surface area contributed by atoms with Gasteiger partial charge in [0.15, 0.2) is 0 Å². The number of ketones is 1. The van der Waals surface area contributed by atoms with E-state index in [4.69, 9.17) is 18.9 Å². The van der Waals surface area contributed by atoms with Crippen LogP contribution in [0, 0.1) is 0 Å². The highest BCUT2D eigenvalue weighted by atomic mass is 33.1. The molecule has 1 amide bonds. The van der Waals surface area contributed by atoms with Gasteiger partial charge in [-0.15, -0.1) is 0 Å². The zero-order valence-electron chi connectivity index (χ0n) is 21.3. The van der Waals surface area contributed by atoms with Crippen LogP contribution in [0.15, 0.2) is 34.4 Å². The van der Waals surface area contributed by atoms with Gasteiger partial charge in [-0.2, -0.15) is 0 Å². The lowest BCUT2D eigenvalue weighted by molar-refractivity contribution is -0.121. The fraction of sp³-hybridized carbons (Fsp3) is 0.692. The second-order valence-corrected chi connectivity index (χ2v) is 9.76. The van der Waals surface area contributed by atoms with Crippen LogP contribution in [0.5, 0.6) is 0 Å². The second-order valence-electron chi connectivity index (χ2n) is 7.25. The largest absolute Gasteiger partial charge is 0.379 e. The molecule has 0 unspecified atom stereocenters. The molecule has 0 aromatic heterocycles. The summed E-state index contributed by atoms with van der Waals surface area (Å²) in [5.41, 5.74) is 11.0. The molecule has 0 rings (SSSR count). The van der Waals surface area contributed by atoms with Gasteiger partial charge in [-0.3, -0.25) is 9.59 Å². The van der Waals surface area contributed by atoms with Crippen LogP contribution in [0.3, 0.4) is 0 Å². The molecule has 0 heterocycles. The van der Waals surface area contributed by atoms with E-state index in [1.54, 1.807) is 28.6 Å². The van der Waals surface area contributed by atoms with Crippen molar-refractivity contribution in [2.24, 2.45) is 0 Å². The molecule has 0 fully saturated rings. The SMILES string of the molecule is C=C=C=C=C=C(CCC)SSCCC(=O)CCCOCCOCCOCCOCCCC(=O)NC. The van der Waals surface area contributed by atoms with Crippen molar-refractivity contribution >= 4 is 33.3 Å². The predicted octanol–water partition coefficient (Wildman–Crippen LogP) is 4.63. The van der Waals surface area contributed by atoms with Gasteiger partial charge in [-0.25, -0.2) is 0 Å². The van der Waals surface area contributed by atoms with Crippen molar-refractivity contribution in [2.75, 3.05) is 65.7 Å². The van der Waals surface area contributed by atoms with E-state index in [2.05, 4.69) is 41.7 Å². The minimum Gasteiger partial charge on any atom is -0.379 e. The van der Waals surface area contributed by atoms with Crippen molar-refractivity contribution in [1.82, 2.24) is 5.32 Å². The first kappa shape index (κ1) is 33.5. The Labute approximate surface area is 218 Å². The number of nitrogens with one attached hydrogen (secondary N) is 1. The van der Waals surface area contributed by atoms with Gasteiger partial charge in [0.25, 0.3) is 0 Å². The average Bonchev–Trinajstić information content (AvgIpc) is 2.86. The molecule has 0 aliphatic heterocycles. The Morgan fingerprint density at radius 2 is 1.37 bits per heavy atom. The maximum Gasteiger partial charge on any atom is 0.219 e. The van der Waals surface area contributed by atoms with Crippen LogP contribution in [0.2, 0.25) is 0 Å². The number of ether oxygens (including phenoxy) is 4. The average molecular weight is 528 g/mol. The van der Waals surface area contributed by atoms with Crippen molar-refractivity contribution in [3.05, 3.63) is 34.4 Å². The monoisotopic (exact) mass is 527 g/mol. The molecule has 9 heteroatoms. The third kappa shape index (κ3) is 25.4. The summed E-state index contributed by atoms with van der Waals surface area (Å²) in [7, 11) is 4.94. The molecule has 198 valence electrons. The van der Waals surface area contributed by atoms with Crippen LogP contribution < -0.4 is 5.32 Å². The van der Waals surface area contributed by atoms with E-state index >= 15 is 0 Å². The molecule has 0 aliphatic rings. The Morgan fingerprint density at radius 1 is 0.800 bits per heavy atom. The van der Waals surface area contributed by atoms with Gasteiger partial charge in [0.1, 0.15) is 5.78 Å².